The second-order valence-electron chi connectivity index (χ2n) is 9.62. The monoisotopic (exact) mass is 422 g/mol. The molecule has 0 aliphatic carbocycles. The number of rotatable bonds is 14. The van der Waals surface area contributed by atoms with E-state index in [0.717, 1.165) is 50.9 Å². The third kappa shape index (κ3) is 9.74. The molecule has 0 fully saturated rings. The lowest BCUT2D eigenvalue weighted by Crippen LogP contribution is -2.50. The van der Waals surface area contributed by atoms with Crippen LogP contribution in [-0.2, 0) is 13.3 Å². The molecule has 6 heteroatoms. The highest BCUT2D eigenvalue weighted by Crippen LogP contribution is 2.46. The quantitative estimate of drug-likeness (QED) is 0.282. The molecule has 158 valence electrons. The predicted octanol–water partition coefficient (Wildman–Crippen LogP) is 6.97. The van der Waals surface area contributed by atoms with Crippen molar-refractivity contribution in [2.75, 3.05) is 25.6 Å². The molecule has 0 aromatic rings. The van der Waals surface area contributed by atoms with Gasteiger partial charge in [0.05, 0.1) is 0 Å². The van der Waals surface area contributed by atoms with E-state index in [2.05, 4.69) is 79.7 Å². The van der Waals surface area contributed by atoms with E-state index < -0.39 is 16.0 Å². The molecule has 0 N–H and O–H groups in total. The van der Waals surface area contributed by atoms with Gasteiger partial charge in [-0.2, -0.15) is 11.2 Å². The van der Waals surface area contributed by atoms with E-state index in [-0.39, 0.29) is 5.41 Å². The Balaban J connectivity index is 5.22. The predicted molar refractivity (Wildman–Crippen MR) is 123 cm³/mol. The smallest absolute Gasteiger partial charge is 0.373 e. The van der Waals surface area contributed by atoms with E-state index in [1.54, 1.807) is 0 Å². The van der Waals surface area contributed by atoms with Gasteiger partial charge in [-0.25, -0.2) is 0 Å². The summed E-state index contributed by atoms with van der Waals surface area (Å²) < 4.78 is 18.9. The summed E-state index contributed by atoms with van der Waals surface area (Å²) in [6.07, 6.45) is 3.00. The maximum absolute atomic E-state index is 6.31. The normalized spacial score (nSPS) is 14.1. The van der Waals surface area contributed by atoms with Gasteiger partial charge in [-0.15, -0.1) is 0 Å². The lowest BCUT2D eigenvalue weighted by Gasteiger charge is -2.40. The van der Waals surface area contributed by atoms with Crippen molar-refractivity contribution in [2.24, 2.45) is 5.41 Å². The van der Waals surface area contributed by atoms with Gasteiger partial charge < -0.3 is 13.3 Å². The first kappa shape index (κ1) is 26.7. The fraction of sp³-hybridized carbons (Fsp3) is 1.00. The summed E-state index contributed by atoms with van der Waals surface area (Å²) in [5.41, 5.74) is 0.141. The van der Waals surface area contributed by atoms with E-state index in [0.29, 0.717) is 5.04 Å². The van der Waals surface area contributed by atoms with Crippen molar-refractivity contribution in [1.82, 2.24) is 0 Å². The van der Waals surface area contributed by atoms with Crippen molar-refractivity contribution in [3.05, 3.63) is 0 Å². The van der Waals surface area contributed by atoms with Crippen molar-refractivity contribution in [2.45, 2.75) is 98.8 Å². The van der Waals surface area contributed by atoms with Gasteiger partial charge in [0.25, 0.3) is 0 Å². The second-order valence-corrected chi connectivity index (χ2v) is 21.2. The standard InChI is InChI=1S/C20H46O3SSi2/c1-11-14-21-26(22-15-12-2,23-16-13-3)18-20(7,8)17-24-25(9,10)19(4,5)6/h11-18H2,1-10H3. The summed E-state index contributed by atoms with van der Waals surface area (Å²) in [5, 5.41) is 0.401. The zero-order valence-electron chi connectivity index (χ0n) is 19.3. The van der Waals surface area contributed by atoms with Crippen LogP contribution in [0.4, 0.5) is 0 Å². The second kappa shape index (κ2) is 11.6. The van der Waals surface area contributed by atoms with Crippen molar-refractivity contribution >= 4 is 27.2 Å². The van der Waals surface area contributed by atoms with Crippen LogP contribution in [0.2, 0.25) is 24.2 Å². The summed E-state index contributed by atoms with van der Waals surface area (Å²) in [4.78, 5) is 0. The molecular formula is C20H46O3SSi2. The molecule has 0 aliphatic rings. The van der Waals surface area contributed by atoms with Gasteiger partial charge >= 0.3 is 8.80 Å². The fourth-order valence-corrected chi connectivity index (χ4v) is 10.7. The summed E-state index contributed by atoms with van der Waals surface area (Å²) in [6, 6.07) is 0.904. The molecule has 0 bridgehead atoms. The van der Waals surface area contributed by atoms with E-state index in [1.807, 2.05) is 0 Å². The van der Waals surface area contributed by atoms with Crippen LogP contribution in [-0.4, -0.2) is 41.6 Å². The minimum absolute atomic E-state index is 0.141. The Morgan fingerprint density at radius 2 is 1.12 bits per heavy atom. The van der Waals surface area contributed by atoms with E-state index in [9.17, 15) is 0 Å². The van der Waals surface area contributed by atoms with Gasteiger partial charge in [-0.3, -0.25) is 0 Å². The Bertz CT molecular complexity index is 360. The Morgan fingerprint density at radius 1 is 0.731 bits per heavy atom. The number of hydrogen-bond acceptors (Lipinski definition) is 4. The first-order valence-corrected chi connectivity index (χ1v) is 17.0. The summed E-state index contributed by atoms with van der Waals surface area (Å²) in [6.45, 7) is 25.5. The Kier molecular flexibility index (Phi) is 11.9. The van der Waals surface area contributed by atoms with Gasteiger partial charge in [0.2, 0.25) is 0 Å². The molecule has 0 aromatic carbocycles. The van der Waals surface area contributed by atoms with Crippen molar-refractivity contribution in [1.29, 1.82) is 0 Å². The van der Waals surface area contributed by atoms with Crippen LogP contribution in [0.15, 0.2) is 0 Å². The van der Waals surface area contributed by atoms with Gasteiger partial charge in [-0.05, 0) is 35.5 Å². The maximum Gasteiger partial charge on any atom is 0.501 e. The summed E-state index contributed by atoms with van der Waals surface area (Å²) in [7, 11) is -3.99. The highest BCUT2D eigenvalue weighted by atomic mass is 32.4. The molecule has 0 atom stereocenters. The lowest BCUT2D eigenvalue weighted by molar-refractivity contribution is 0.0518. The largest absolute Gasteiger partial charge is 0.501 e. The van der Waals surface area contributed by atoms with Crippen molar-refractivity contribution < 1.29 is 13.3 Å². The van der Waals surface area contributed by atoms with Gasteiger partial charge in [-0.1, -0.05) is 68.5 Å². The number of hydrogen-bond donors (Lipinski definition) is 0. The summed E-state index contributed by atoms with van der Waals surface area (Å²) in [5.74, 6) is 1.14. The Labute approximate surface area is 170 Å². The highest BCUT2D eigenvalue weighted by Gasteiger charge is 2.47. The zero-order valence-corrected chi connectivity index (χ0v) is 22.1. The lowest BCUT2D eigenvalue weighted by atomic mass is 10.00. The first-order valence-electron chi connectivity index (χ1n) is 10.4. The van der Waals surface area contributed by atoms with E-state index in [1.165, 1.54) is 0 Å². The Hall–Kier alpha value is 0.664. The molecular weight excluding hydrogens is 376 g/mol. The molecule has 3 nitrogen and oxygen atoms in total. The van der Waals surface area contributed by atoms with Crippen molar-refractivity contribution in [3.63, 3.8) is 0 Å². The van der Waals surface area contributed by atoms with E-state index >= 15 is 0 Å². The minimum atomic E-state index is -2.63. The molecule has 0 saturated heterocycles. The van der Waals surface area contributed by atoms with Crippen LogP contribution in [0.3, 0.4) is 0 Å². The van der Waals surface area contributed by atoms with Crippen LogP contribution in [0.5, 0.6) is 0 Å². The maximum atomic E-state index is 6.31. The topological polar surface area (TPSA) is 27.7 Å². The molecule has 0 saturated carbocycles. The Morgan fingerprint density at radius 3 is 1.42 bits per heavy atom. The zero-order chi connectivity index (χ0) is 20.5. The molecule has 0 amide bonds. The molecule has 0 spiro atoms. The molecule has 26 heavy (non-hydrogen) atoms. The van der Waals surface area contributed by atoms with Crippen molar-refractivity contribution in [3.8, 4) is 0 Å². The molecule has 0 aliphatic heterocycles. The van der Waals surface area contributed by atoms with Crippen LogP contribution in [0, 0.1) is 5.41 Å². The fourth-order valence-electron chi connectivity index (χ4n) is 2.28. The minimum Gasteiger partial charge on any atom is -0.373 e. The summed E-state index contributed by atoms with van der Waals surface area (Å²) >= 11 is 2.20. The van der Waals surface area contributed by atoms with E-state index in [4.69, 9.17) is 13.3 Å². The highest BCUT2D eigenvalue weighted by molar-refractivity contribution is 8.29. The molecule has 0 radical (unpaired) electrons. The molecule has 0 aromatic heterocycles. The van der Waals surface area contributed by atoms with Gasteiger partial charge in [0.1, 0.15) is 7.22 Å². The third-order valence-corrected chi connectivity index (χ3v) is 17.9. The van der Waals surface area contributed by atoms with Crippen LogP contribution in [0.1, 0.15) is 74.7 Å². The average molecular weight is 423 g/mol. The van der Waals surface area contributed by atoms with Crippen LogP contribution >= 0.6 is 11.2 Å². The molecule has 0 heterocycles. The van der Waals surface area contributed by atoms with Crippen LogP contribution in [0.25, 0.3) is 0 Å². The first-order chi connectivity index (χ1) is 11.8. The molecule has 0 unspecified atom stereocenters. The average Bonchev–Trinajstić information content (AvgIpc) is 2.53. The van der Waals surface area contributed by atoms with Crippen LogP contribution < -0.4 is 0 Å². The van der Waals surface area contributed by atoms with Gasteiger partial charge in [0, 0.05) is 25.9 Å². The SMILES string of the molecule is CCCO[Si](CC(C)(C)CS[Si](C)(C)C(C)(C)C)(OCCC)OCCC. The van der Waals surface area contributed by atoms with Gasteiger partial charge in [0.15, 0.2) is 0 Å². The molecule has 0 rings (SSSR count). The third-order valence-electron chi connectivity index (χ3n) is 4.90.